The molecule has 0 saturated heterocycles. The molecule has 70 valence electrons. The van der Waals surface area contributed by atoms with E-state index >= 15 is 0 Å². The number of carbonyl (C=O) groups excluding carboxylic acids is 1. The lowest BCUT2D eigenvalue weighted by molar-refractivity contribution is -0.119. The van der Waals surface area contributed by atoms with Crippen LogP contribution in [0.3, 0.4) is 0 Å². The molecule has 4 heteroatoms. The van der Waals surface area contributed by atoms with E-state index in [1.54, 1.807) is 6.07 Å². The summed E-state index contributed by atoms with van der Waals surface area (Å²) in [5, 5.41) is 3.35. The average molecular weight is 263 g/mol. The van der Waals surface area contributed by atoms with E-state index < -0.39 is 0 Å². The normalized spacial score (nSPS) is 9.77. The SMILES string of the molecule is CC(=O)NCc1cc(Br)ccc1Cl. The molecule has 1 rings (SSSR count). The largest absolute Gasteiger partial charge is 0.352 e. The van der Waals surface area contributed by atoms with Crippen LogP contribution in [0.15, 0.2) is 22.7 Å². The summed E-state index contributed by atoms with van der Waals surface area (Å²) in [7, 11) is 0. The number of rotatable bonds is 2. The molecule has 1 N–H and O–H groups in total. The lowest BCUT2D eigenvalue weighted by Gasteiger charge is -2.05. The second kappa shape index (κ2) is 4.63. The van der Waals surface area contributed by atoms with Gasteiger partial charge in [-0.25, -0.2) is 0 Å². The third kappa shape index (κ3) is 3.36. The Kier molecular flexibility index (Phi) is 3.75. The Bertz CT molecular complexity index is 327. The average Bonchev–Trinajstić information content (AvgIpc) is 2.06. The van der Waals surface area contributed by atoms with Crippen LogP contribution in [0.4, 0.5) is 0 Å². The van der Waals surface area contributed by atoms with Crippen molar-refractivity contribution in [2.75, 3.05) is 0 Å². The number of nitrogens with one attached hydrogen (secondary N) is 1. The third-order valence-electron chi connectivity index (χ3n) is 1.54. The molecule has 1 aromatic rings. The topological polar surface area (TPSA) is 29.1 Å². The summed E-state index contributed by atoms with van der Waals surface area (Å²) in [5.41, 5.74) is 0.909. The predicted octanol–water partition coefficient (Wildman–Crippen LogP) is 2.74. The molecule has 0 fully saturated rings. The van der Waals surface area contributed by atoms with E-state index in [1.165, 1.54) is 6.92 Å². The molecule has 0 radical (unpaired) electrons. The molecule has 13 heavy (non-hydrogen) atoms. The first-order valence-corrected chi connectivity index (χ1v) is 4.95. The first kappa shape index (κ1) is 10.5. The minimum atomic E-state index is -0.0592. The van der Waals surface area contributed by atoms with E-state index in [4.69, 9.17) is 11.6 Å². The van der Waals surface area contributed by atoms with Crippen molar-refractivity contribution in [3.05, 3.63) is 33.3 Å². The maximum Gasteiger partial charge on any atom is 0.217 e. The fourth-order valence-corrected chi connectivity index (χ4v) is 1.49. The first-order valence-electron chi connectivity index (χ1n) is 3.78. The second-order valence-corrected chi connectivity index (χ2v) is 3.97. The van der Waals surface area contributed by atoms with Crippen molar-refractivity contribution >= 4 is 33.4 Å². The fraction of sp³-hybridized carbons (Fsp3) is 0.222. The molecule has 1 aromatic carbocycles. The summed E-state index contributed by atoms with van der Waals surface area (Å²) >= 11 is 9.24. The molecule has 0 aliphatic heterocycles. The smallest absolute Gasteiger partial charge is 0.217 e. The highest BCUT2D eigenvalue weighted by Gasteiger charge is 2.01. The standard InChI is InChI=1S/C9H9BrClNO/c1-6(13)12-5-7-4-8(10)2-3-9(7)11/h2-4H,5H2,1H3,(H,12,13). The van der Waals surface area contributed by atoms with Gasteiger partial charge in [-0.2, -0.15) is 0 Å². The van der Waals surface area contributed by atoms with Crippen LogP contribution >= 0.6 is 27.5 Å². The van der Waals surface area contributed by atoms with E-state index in [-0.39, 0.29) is 5.91 Å². The van der Waals surface area contributed by atoms with Gasteiger partial charge in [0, 0.05) is 23.0 Å². The lowest BCUT2D eigenvalue weighted by Crippen LogP contribution is -2.19. The number of hydrogen-bond acceptors (Lipinski definition) is 1. The number of amides is 1. The van der Waals surface area contributed by atoms with E-state index in [1.807, 2.05) is 12.1 Å². The van der Waals surface area contributed by atoms with Crippen LogP contribution in [0, 0.1) is 0 Å². The predicted molar refractivity (Wildman–Crippen MR) is 56.7 cm³/mol. The monoisotopic (exact) mass is 261 g/mol. The molecule has 0 spiro atoms. The molecule has 0 heterocycles. The summed E-state index contributed by atoms with van der Waals surface area (Å²) in [6.07, 6.45) is 0. The van der Waals surface area contributed by atoms with Gasteiger partial charge in [0.2, 0.25) is 5.91 Å². The van der Waals surface area contributed by atoms with Crippen molar-refractivity contribution < 1.29 is 4.79 Å². The van der Waals surface area contributed by atoms with Crippen molar-refractivity contribution in [3.63, 3.8) is 0 Å². The van der Waals surface area contributed by atoms with Crippen LogP contribution in [-0.2, 0) is 11.3 Å². The molecule has 1 amide bonds. The highest BCUT2D eigenvalue weighted by atomic mass is 79.9. The number of benzene rings is 1. The van der Waals surface area contributed by atoms with Crippen LogP contribution in [0.2, 0.25) is 5.02 Å². The lowest BCUT2D eigenvalue weighted by atomic mass is 10.2. The quantitative estimate of drug-likeness (QED) is 0.872. The third-order valence-corrected chi connectivity index (χ3v) is 2.40. The highest BCUT2D eigenvalue weighted by Crippen LogP contribution is 2.20. The zero-order chi connectivity index (χ0) is 9.84. The molecular weight excluding hydrogens is 253 g/mol. The minimum absolute atomic E-state index is 0.0592. The summed E-state index contributed by atoms with van der Waals surface area (Å²) in [4.78, 5) is 10.6. The Labute approximate surface area is 90.4 Å². The van der Waals surface area contributed by atoms with E-state index in [2.05, 4.69) is 21.2 Å². The van der Waals surface area contributed by atoms with Crippen molar-refractivity contribution in [3.8, 4) is 0 Å². The zero-order valence-electron chi connectivity index (χ0n) is 7.10. The van der Waals surface area contributed by atoms with Crippen LogP contribution in [-0.4, -0.2) is 5.91 Å². The van der Waals surface area contributed by atoms with Gasteiger partial charge < -0.3 is 5.32 Å². The number of hydrogen-bond donors (Lipinski definition) is 1. The van der Waals surface area contributed by atoms with Gasteiger partial charge >= 0.3 is 0 Å². The molecule has 0 aliphatic carbocycles. The van der Waals surface area contributed by atoms with Crippen molar-refractivity contribution in [2.24, 2.45) is 0 Å². The summed E-state index contributed by atoms with van der Waals surface area (Å²) in [6, 6.07) is 5.54. The van der Waals surface area contributed by atoms with Gasteiger partial charge in [0.15, 0.2) is 0 Å². The Morgan fingerprint density at radius 3 is 2.92 bits per heavy atom. The summed E-state index contributed by atoms with van der Waals surface area (Å²) in [6.45, 7) is 1.94. The Morgan fingerprint density at radius 2 is 2.31 bits per heavy atom. The van der Waals surface area contributed by atoms with Crippen molar-refractivity contribution in [2.45, 2.75) is 13.5 Å². The first-order chi connectivity index (χ1) is 6.09. The van der Waals surface area contributed by atoms with Crippen LogP contribution in [0.1, 0.15) is 12.5 Å². The highest BCUT2D eigenvalue weighted by molar-refractivity contribution is 9.10. The van der Waals surface area contributed by atoms with Gasteiger partial charge in [0.05, 0.1) is 0 Å². The fourth-order valence-electron chi connectivity index (χ4n) is 0.898. The summed E-state index contributed by atoms with van der Waals surface area (Å²) in [5.74, 6) is -0.0592. The molecule has 0 atom stereocenters. The van der Waals surface area contributed by atoms with Gasteiger partial charge in [0.25, 0.3) is 0 Å². The molecular formula is C9H9BrClNO. The van der Waals surface area contributed by atoms with Crippen LogP contribution in [0.25, 0.3) is 0 Å². The summed E-state index contributed by atoms with van der Waals surface area (Å²) < 4.78 is 0.956. The molecule has 0 bridgehead atoms. The van der Waals surface area contributed by atoms with Crippen molar-refractivity contribution in [1.29, 1.82) is 0 Å². The Balaban J connectivity index is 2.75. The molecule has 2 nitrogen and oxygen atoms in total. The van der Waals surface area contributed by atoms with E-state index in [0.29, 0.717) is 11.6 Å². The molecule has 0 unspecified atom stereocenters. The number of halogens is 2. The van der Waals surface area contributed by atoms with Crippen LogP contribution in [0.5, 0.6) is 0 Å². The molecule has 0 aromatic heterocycles. The number of carbonyl (C=O) groups is 1. The van der Waals surface area contributed by atoms with Gasteiger partial charge in [-0.3, -0.25) is 4.79 Å². The van der Waals surface area contributed by atoms with Crippen LogP contribution < -0.4 is 5.32 Å². The van der Waals surface area contributed by atoms with Gasteiger partial charge in [0.1, 0.15) is 0 Å². The minimum Gasteiger partial charge on any atom is -0.352 e. The Hall–Kier alpha value is -0.540. The Morgan fingerprint density at radius 1 is 1.62 bits per heavy atom. The van der Waals surface area contributed by atoms with E-state index in [0.717, 1.165) is 10.0 Å². The molecule has 0 aliphatic rings. The maximum absolute atomic E-state index is 10.6. The van der Waals surface area contributed by atoms with Gasteiger partial charge in [-0.1, -0.05) is 27.5 Å². The maximum atomic E-state index is 10.6. The second-order valence-electron chi connectivity index (χ2n) is 2.65. The van der Waals surface area contributed by atoms with E-state index in [9.17, 15) is 4.79 Å². The van der Waals surface area contributed by atoms with Crippen molar-refractivity contribution in [1.82, 2.24) is 5.32 Å². The van der Waals surface area contributed by atoms with Gasteiger partial charge in [-0.05, 0) is 23.8 Å². The molecule has 0 saturated carbocycles. The van der Waals surface area contributed by atoms with Gasteiger partial charge in [-0.15, -0.1) is 0 Å². The zero-order valence-corrected chi connectivity index (χ0v) is 9.45.